The lowest BCUT2D eigenvalue weighted by Crippen LogP contribution is -2.17. The molecule has 0 saturated heterocycles. The van der Waals surface area contributed by atoms with Gasteiger partial charge >= 0.3 is 0 Å². The normalized spacial score (nSPS) is 19.1. The molecule has 0 bridgehead atoms. The topological polar surface area (TPSA) is 72.2 Å². The van der Waals surface area contributed by atoms with Crippen LogP contribution in [0, 0.1) is 5.92 Å². The van der Waals surface area contributed by atoms with E-state index in [9.17, 15) is 9.59 Å². The van der Waals surface area contributed by atoms with Gasteiger partial charge < -0.3 is 9.73 Å². The van der Waals surface area contributed by atoms with E-state index >= 15 is 0 Å². The molecule has 3 aromatic rings. The average molecular weight is 519 g/mol. The Morgan fingerprint density at radius 1 is 1.06 bits per heavy atom. The number of hydrogen-bond donors (Lipinski definition) is 1. The molecule has 0 spiro atoms. The van der Waals surface area contributed by atoms with Crippen LogP contribution in [-0.4, -0.2) is 21.0 Å². The molecule has 2 atom stereocenters. The van der Waals surface area contributed by atoms with Gasteiger partial charge in [-0.1, -0.05) is 34.8 Å². The van der Waals surface area contributed by atoms with Gasteiger partial charge in [0.05, 0.1) is 23.6 Å². The zero-order valence-corrected chi connectivity index (χ0v) is 19.3. The predicted octanol–water partition coefficient (Wildman–Crippen LogP) is 6.59. The number of Topliss-reactive ketones (excluding diaryl/α,β-unsaturated/α-hetero) is 1. The Morgan fingerprint density at radius 2 is 1.77 bits per heavy atom. The molecule has 1 aliphatic carbocycles. The number of halogens is 5. The van der Waals surface area contributed by atoms with Crippen LogP contribution in [0.25, 0.3) is 0 Å². The minimum absolute atomic E-state index is 0.0587. The van der Waals surface area contributed by atoms with Gasteiger partial charge in [-0.2, -0.15) is 0 Å². The Balaban J connectivity index is 1.51. The first-order valence-corrected chi connectivity index (χ1v) is 10.9. The van der Waals surface area contributed by atoms with Gasteiger partial charge in [0.1, 0.15) is 10.6 Å². The second-order valence-electron chi connectivity index (χ2n) is 7.04. The summed E-state index contributed by atoms with van der Waals surface area (Å²) in [6.45, 7) is 0. The number of alkyl halides is 2. The highest BCUT2D eigenvalue weighted by Gasteiger charge is 2.67. The average Bonchev–Trinajstić information content (AvgIpc) is 2.99. The molecule has 1 saturated carbocycles. The maximum atomic E-state index is 12.9. The molecule has 5 nitrogen and oxygen atoms in total. The molecule has 1 N–H and O–H groups in total. The van der Waals surface area contributed by atoms with Crippen LogP contribution in [0.1, 0.15) is 27.7 Å². The van der Waals surface area contributed by atoms with Crippen molar-refractivity contribution in [3.05, 3.63) is 80.9 Å². The maximum Gasteiger partial charge on any atom is 0.231 e. The quantitative estimate of drug-likeness (QED) is 0.295. The highest BCUT2D eigenvalue weighted by molar-refractivity contribution is 6.53. The molecule has 1 heterocycles. The van der Waals surface area contributed by atoms with Crippen molar-refractivity contribution in [1.29, 1.82) is 0 Å². The summed E-state index contributed by atoms with van der Waals surface area (Å²) in [6, 6.07) is 9.52. The van der Waals surface area contributed by atoms with Crippen LogP contribution in [0.15, 0.2) is 53.3 Å². The Bertz CT molecular complexity index is 1140. The molecule has 31 heavy (non-hydrogen) atoms. The van der Waals surface area contributed by atoms with Crippen LogP contribution in [-0.2, 0) is 11.2 Å². The molecule has 1 amide bonds. The molecule has 0 radical (unpaired) electrons. The molecule has 1 aromatic heterocycles. The van der Waals surface area contributed by atoms with E-state index in [4.69, 9.17) is 62.4 Å². The van der Waals surface area contributed by atoms with Crippen molar-refractivity contribution in [3.63, 3.8) is 0 Å². The van der Waals surface area contributed by atoms with E-state index in [0.717, 1.165) is 0 Å². The molecule has 160 valence electrons. The van der Waals surface area contributed by atoms with Gasteiger partial charge in [-0.3, -0.25) is 9.59 Å². The largest absolute Gasteiger partial charge is 0.449 e. The van der Waals surface area contributed by atoms with Crippen molar-refractivity contribution in [2.75, 3.05) is 5.32 Å². The number of oxazole rings is 1. The number of rotatable bonds is 6. The molecule has 1 aliphatic rings. The van der Waals surface area contributed by atoms with E-state index in [2.05, 4.69) is 10.3 Å². The molecular weight excluding hydrogens is 506 g/mol. The fourth-order valence-corrected chi connectivity index (χ4v) is 5.03. The Labute approximate surface area is 202 Å². The summed E-state index contributed by atoms with van der Waals surface area (Å²) in [6.07, 6.45) is 2.77. The lowest BCUT2D eigenvalue weighted by atomic mass is 10.1. The summed E-state index contributed by atoms with van der Waals surface area (Å²) < 4.78 is 3.79. The summed E-state index contributed by atoms with van der Waals surface area (Å²) in [4.78, 5) is 29.4. The first kappa shape index (κ1) is 22.4. The first-order valence-electron chi connectivity index (χ1n) is 9.02. The minimum Gasteiger partial charge on any atom is -0.449 e. The summed E-state index contributed by atoms with van der Waals surface area (Å²) in [5.74, 6) is -1.64. The van der Waals surface area contributed by atoms with Gasteiger partial charge in [0.25, 0.3) is 0 Å². The minimum atomic E-state index is -1.31. The zero-order chi connectivity index (χ0) is 22.3. The lowest BCUT2D eigenvalue weighted by molar-refractivity contribution is -0.117. The smallest absolute Gasteiger partial charge is 0.231 e. The summed E-state index contributed by atoms with van der Waals surface area (Å²) >= 11 is 31.1. The van der Waals surface area contributed by atoms with Crippen LogP contribution >= 0.6 is 58.0 Å². The van der Waals surface area contributed by atoms with Gasteiger partial charge in [0.15, 0.2) is 5.78 Å². The molecule has 1 fully saturated rings. The molecule has 0 aliphatic heterocycles. The Kier molecular flexibility index (Phi) is 6.25. The second-order valence-corrected chi connectivity index (χ2v) is 9.77. The summed E-state index contributed by atoms with van der Waals surface area (Å²) in [5, 5.41) is 3.83. The number of aromatic nitrogens is 1. The second kappa shape index (κ2) is 8.64. The fraction of sp³-hybridized carbons (Fsp3) is 0.190. The van der Waals surface area contributed by atoms with Gasteiger partial charge in [-0.25, -0.2) is 4.98 Å². The van der Waals surface area contributed by atoms with Crippen molar-refractivity contribution < 1.29 is 14.0 Å². The number of benzene rings is 2. The predicted molar refractivity (Wildman–Crippen MR) is 122 cm³/mol. The number of carbonyl (C=O) groups excluding carboxylic acids is 2. The number of carbonyl (C=O) groups is 2. The summed E-state index contributed by atoms with van der Waals surface area (Å²) in [5.41, 5.74) is 1.28. The highest BCUT2D eigenvalue weighted by Crippen LogP contribution is 2.65. The fourth-order valence-electron chi connectivity index (χ4n) is 3.43. The Morgan fingerprint density at radius 3 is 2.42 bits per heavy atom. The van der Waals surface area contributed by atoms with Gasteiger partial charge in [0, 0.05) is 27.2 Å². The van der Waals surface area contributed by atoms with Crippen LogP contribution in [0.2, 0.25) is 15.1 Å². The van der Waals surface area contributed by atoms with Crippen molar-refractivity contribution in [2.45, 2.75) is 16.7 Å². The number of hydrogen-bond acceptors (Lipinski definition) is 4. The van der Waals surface area contributed by atoms with Crippen LogP contribution in [0.5, 0.6) is 0 Å². The molecular formula is C21H13Cl5N2O3. The van der Waals surface area contributed by atoms with E-state index in [1.54, 1.807) is 24.3 Å². The van der Waals surface area contributed by atoms with E-state index in [1.165, 1.54) is 24.6 Å². The standard InChI is InChI=1S/C21H13Cl5N2O3/c22-11-5-10(6-12(23)7-11)18-19(21(18,25)26)20(30)28-13-1-2-15(24)14(8-13)16(29)9-17-27-3-4-31-17/h1-8,18-19H,9H2,(H,28,30). The van der Waals surface area contributed by atoms with E-state index < -0.39 is 22.1 Å². The van der Waals surface area contributed by atoms with Gasteiger partial charge in [-0.15, -0.1) is 23.2 Å². The van der Waals surface area contributed by atoms with Gasteiger partial charge in [-0.05, 0) is 42.0 Å². The maximum absolute atomic E-state index is 12.9. The van der Waals surface area contributed by atoms with Crippen molar-refractivity contribution in [1.82, 2.24) is 4.98 Å². The van der Waals surface area contributed by atoms with Crippen molar-refractivity contribution in [2.24, 2.45) is 5.92 Å². The van der Waals surface area contributed by atoms with Crippen molar-refractivity contribution >= 4 is 75.4 Å². The highest BCUT2D eigenvalue weighted by atomic mass is 35.5. The van der Waals surface area contributed by atoms with Gasteiger partial charge in [0.2, 0.25) is 11.8 Å². The zero-order valence-electron chi connectivity index (χ0n) is 15.5. The lowest BCUT2D eigenvalue weighted by Gasteiger charge is -2.09. The number of ketones is 1. The molecule has 2 aromatic carbocycles. The molecule has 2 unspecified atom stereocenters. The first-order chi connectivity index (χ1) is 14.7. The number of amides is 1. The Hall–Kier alpha value is -1.76. The third-order valence-corrected chi connectivity index (χ3v) is 6.62. The monoisotopic (exact) mass is 516 g/mol. The van der Waals surface area contributed by atoms with E-state index in [0.29, 0.717) is 21.3 Å². The molecule has 4 rings (SSSR count). The van der Waals surface area contributed by atoms with E-state index in [-0.39, 0.29) is 28.7 Å². The third kappa shape index (κ3) is 4.71. The third-order valence-electron chi connectivity index (χ3n) is 4.91. The number of nitrogens with one attached hydrogen (secondary N) is 1. The van der Waals surface area contributed by atoms with Crippen molar-refractivity contribution in [3.8, 4) is 0 Å². The SMILES string of the molecule is O=C(Cc1ncco1)c1cc(NC(=O)C2C(c3cc(Cl)cc(Cl)c3)C2(Cl)Cl)ccc1Cl. The van der Waals surface area contributed by atoms with Crippen LogP contribution in [0.3, 0.4) is 0 Å². The van der Waals surface area contributed by atoms with Crippen LogP contribution in [0.4, 0.5) is 5.69 Å². The van der Waals surface area contributed by atoms with Crippen LogP contribution < -0.4 is 5.32 Å². The number of nitrogens with zero attached hydrogens (tertiary/aromatic N) is 1. The molecule has 10 heteroatoms. The van der Waals surface area contributed by atoms with E-state index in [1.807, 2.05) is 0 Å². The number of anilines is 1. The summed E-state index contributed by atoms with van der Waals surface area (Å²) in [7, 11) is 0.